The van der Waals surface area contributed by atoms with Gasteiger partial charge in [0.1, 0.15) is 0 Å². The average Bonchev–Trinajstić information content (AvgIpc) is 2.57. The van der Waals surface area contributed by atoms with Gasteiger partial charge in [0.2, 0.25) is 0 Å². The van der Waals surface area contributed by atoms with Gasteiger partial charge in [-0.1, -0.05) is 32.6 Å². The van der Waals surface area contributed by atoms with E-state index in [0.717, 1.165) is 18.0 Å². The lowest BCUT2D eigenvalue weighted by molar-refractivity contribution is 0.242. The fraction of sp³-hybridized carbons (Fsp3) is 0.684. The molecule has 1 fully saturated rings. The third-order valence-corrected chi connectivity index (χ3v) is 5.58. The molecule has 0 bridgehead atoms. The van der Waals surface area contributed by atoms with Crippen molar-refractivity contribution in [3.8, 4) is 11.5 Å². The van der Waals surface area contributed by atoms with Crippen LogP contribution in [0.15, 0.2) is 12.1 Å². The first kappa shape index (κ1) is 15.7. The van der Waals surface area contributed by atoms with Crippen LogP contribution in [0.4, 0.5) is 0 Å². The third-order valence-electron chi connectivity index (χ3n) is 5.58. The van der Waals surface area contributed by atoms with Gasteiger partial charge in [0, 0.05) is 18.0 Å². The Hall–Kier alpha value is -1.22. The van der Waals surface area contributed by atoms with E-state index in [4.69, 9.17) is 9.47 Å². The minimum atomic E-state index is 0.303. The quantitative estimate of drug-likeness (QED) is 0.897. The topological polar surface area (TPSA) is 30.5 Å². The first-order valence-electron chi connectivity index (χ1n) is 8.74. The number of fused-ring (bicyclic) bond motifs is 2. The SMILES string of the molecule is CCCC1NCC2(CCCCC2)c2cc(OC)c(OC)cc21. The molecular weight excluding hydrogens is 274 g/mol. The molecule has 0 radical (unpaired) electrons. The second kappa shape index (κ2) is 6.49. The highest BCUT2D eigenvalue weighted by molar-refractivity contribution is 5.52. The Labute approximate surface area is 134 Å². The molecule has 122 valence electrons. The van der Waals surface area contributed by atoms with Crippen molar-refractivity contribution in [3.63, 3.8) is 0 Å². The third kappa shape index (κ3) is 2.60. The molecule has 3 heteroatoms. The highest BCUT2D eigenvalue weighted by atomic mass is 16.5. The van der Waals surface area contributed by atoms with Crippen LogP contribution in [0.3, 0.4) is 0 Å². The highest BCUT2D eigenvalue weighted by Crippen LogP contribution is 2.48. The fourth-order valence-electron chi connectivity index (χ4n) is 4.39. The molecule has 1 aliphatic carbocycles. The summed E-state index contributed by atoms with van der Waals surface area (Å²) >= 11 is 0. The van der Waals surface area contributed by atoms with Crippen molar-refractivity contribution >= 4 is 0 Å². The van der Waals surface area contributed by atoms with Gasteiger partial charge in [0.15, 0.2) is 11.5 Å². The average molecular weight is 303 g/mol. The Morgan fingerprint density at radius 2 is 1.77 bits per heavy atom. The fourth-order valence-corrected chi connectivity index (χ4v) is 4.39. The van der Waals surface area contributed by atoms with Crippen molar-refractivity contribution in [2.45, 2.75) is 63.3 Å². The van der Waals surface area contributed by atoms with Crippen LogP contribution in [-0.4, -0.2) is 20.8 Å². The largest absolute Gasteiger partial charge is 0.493 e. The summed E-state index contributed by atoms with van der Waals surface area (Å²) < 4.78 is 11.1. The standard InChI is InChI=1S/C19H29NO2/c1-4-8-16-14-11-17(21-2)18(22-3)12-15(14)19(13-20-16)9-6-5-7-10-19/h11-12,16,20H,4-10,13H2,1-3H3. The Kier molecular flexibility index (Phi) is 4.62. The van der Waals surface area contributed by atoms with Gasteiger partial charge >= 0.3 is 0 Å². The predicted octanol–water partition coefficient (Wildman–Crippen LogP) is 4.35. The summed E-state index contributed by atoms with van der Waals surface area (Å²) in [4.78, 5) is 0. The minimum Gasteiger partial charge on any atom is -0.493 e. The van der Waals surface area contributed by atoms with E-state index in [1.807, 2.05) is 0 Å². The van der Waals surface area contributed by atoms with Crippen LogP contribution in [0.25, 0.3) is 0 Å². The summed E-state index contributed by atoms with van der Waals surface area (Å²) in [5, 5.41) is 3.83. The van der Waals surface area contributed by atoms with Gasteiger partial charge in [-0.2, -0.15) is 0 Å². The van der Waals surface area contributed by atoms with E-state index in [1.54, 1.807) is 14.2 Å². The molecule has 1 N–H and O–H groups in total. The highest BCUT2D eigenvalue weighted by Gasteiger charge is 2.41. The second-order valence-corrected chi connectivity index (χ2v) is 6.86. The van der Waals surface area contributed by atoms with Crippen LogP contribution in [0.1, 0.15) is 69.0 Å². The lowest BCUT2D eigenvalue weighted by atomic mass is 9.65. The Morgan fingerprint density at radius 1 is 1.09 bits per heavy atom. The minimum absolute atomic E-state index is 0.303. The number of ether oxygens (including phenoxy) is 2. The molecule has 1 aromatic carbocycles. The Balaban J connectivity index is 2.09. The zero-order valence-corrected chi connectivity index (χ0v) is 14.2. The van der Waals surface area contributed by atoms with Gasteiger partial charge in [-0.25, -0.2) is 0 Å². The zero-order valence-electron chi connectivity index (χ0n) is 14.2. The van der Waals surface area contributed by atoms with Crippen LogP contribution < -0.4 is 14.8 Å². The van der Waals surface area contributed by atoms with Crippen molar-refractivity contribution in [1.29, 1.82) is 0 Å². The van der Waals surface area contributed by atoms with Crippen LogP contribution in [0.5, 0.6) is 11.5 Å². The van der Waals surface area contributed by atoms with Gasteiger partial charge in [-0.15, -0.1) is 0 Å². The number of hydrogen-bond acceptors (Lipinski definition) is 3. The molecule has 0 aromatic heterocycles. The van der Waals surface area contributed by atoms with Crippen LogP contribution >= 0.6 is 0 Å². The van der Waals surface area contributed by atoms with E-state index in [9.17, 15) is 0 Å². The van der Waals surface area contributed by atoms with E-state index in [1.165, 1.54) is 56.1 Å². The predicted molar refractivity (Wildman–Crippen MR) is 90.0 cm³/mol. The Morgan fingerprint density at radius 3 is 2.41 bits per heavy atom. The van der Waals surface area contributed by atoms with E-state index >= 15 is 0 Å². The molecule has 1 unspecified atom stereocenters. The van der Waals surface area contributed by atoms with Gasteiger partial charge in [-0.3, -0.25) is 0 Å². The van der Waals surface area contributed by atoms with E-state index in [2.05, 4.69) is 24.4 Å². The summed E-state index contributed by atoms with van der Waals surface area (Å²) in [5.74, 6) is 1.74. The maximum atomic E-state index is 5.59. The molecule has 1 heterocycles. The molecule has 1 atom stereocenters. The van der Waals surface area contributed by atoms with Crippen LogP contribution in [-0.2, 0) is 5.41 Å². The zero-order chi connectivity index (χ0) is 15.6. The van der Waals surface area contributed by atoms with Gasteiger partial charge in [-0.05, 0) is 42.5 Å². The number of nitrogens with one attached hydrogen (secondary N) is 1. The normalized spacial score (nSPS) is 23.1. The van der Waals surface area contributed by atoms with Crippen molar-refractivity contribution in [1.82, 2.24) is 5.32 Å². The second-order valence-electron chi connectivity index (χ2n) is 6.86. The molecule has 3 rings (SSSR count). The maximum Gasteiger partial charge on any atom is 0.161 e. The molecule has 0 amide bonds. The molecular formula is C19H29NO2. The lowest BCUT2D eigenvalue weighted by Crippen LogP contribution is -2.46. The lowest BCUT2D eigenvalue weighted by Gasteiger charge is -2.45. The molecule has 1 saturated carbocycles. The summed E-state index contributed by atoms with van der Waals surface area (Å²) in [6.45, 7) is 3.37. The molecule has 1 spiro atoms. The van der Waals surface area contributed by atoms with Crippen LogP contribution in [0.2, 0.25) is 0 Å². The van der Waals surface area contributed by atoms with Gasteiger partial charge in [0.05, 0.1) is 14.2 Å². The molecule has 2 aliphatic rings. The molecule has 3 nitrogen and oxygen atoms in total. The van der Waals surface area contributed by atoms with E-state index in [-0.39, 0.29) is 0 Å². The summed E-state index contributed by atoms with van der Waals surface area (Å²) in [6.07, 6.45) is 9.02. The van der Waals surface area contributed by atoms with Crippen LogP contribution in [0, 0.1) is 0 Å². The van der Waals surface area contributed by atoms with E-state index in [0.29, 0.717) is 11.5 Å². The molecule has 1 aliphatic heterocycles. The number of hydrogen-bond donors (Lipinski definition) is 1. The van der Waals surface area contributed by atoms with Gasteiger partial charge in [0.25, 0.3) is 0 Å². The number of rotatable bonds is 4. The molecule has 0 saturated heterocycles. The van der Waals surface area contributed by atoms with Gasteiger partial charge < -0.3 is 14.8 Å². The summed E-state index contributed by atoms with van der Waals surface area (Å²) in [7, 11) is 3.47. The van der Waals surface area contributed by atoms with Crippen molar-refractivity contribution < 1.29 is 9.47 Å². The molecule has 22 heavy (non-hydrogen) atoms. The van der Waals surface area contributed by atoms with Crippen molar-refractivity contribution in [2.75, 3.05) is 20.8 Å². The van der Waals surface area contributed by atoms with E-state index < -0.39 is 0 Å². The van der Waals surface area contributed by atoms with Crippen molar-refractivity contribution in [2.24, 2.45) is 0 Å². The number of benzene rings is 1. The first-order valence-corrected chi connectivity index (χ1v) is 8.74. The summed E-state index contributed by atoms with van der Waals surface area (Å²) in [5.41, 5.74) is 3.26. The number of methoxy groups -OCH3 is 2. The van der Waals surface area contributed by atoms with Crippen molar-refractivity contribution in [3.05, 3.63) is 23.3 Å². The summed E-state index contributed by atoms with van der Waals surface area (Å²) in [6, 6.07) is 4.94. The monoisotopic (exact) mass is 303 g/mol. The Bertz CT molecular complexity index is 520. The smallest absolute Gasteiger partial charge is 0.161 e. The first-order chi connectivity index (χ1) is 10.7. The molecule has 1 aromatic rings. The maximum absolute atomic E-state index is 5.59.